The third kappa shape index (κ3) is 4.09. The van der Waals surface area contributed by atoms with Crippen LogP contribution in [-0.2, 0) is 11.3 Å². The fraction of sp³-hybridized carbons (Fsp3) is 0.625. The highest BCUT2D eigenvalue weighted by atomic mass is 16.5. The molecule has 1 aromatic carbocycles. The van der Waals surface area contributed by atoms with E-state index in [-0.39, 0.29) is 12.7 Å². The van der Waals surface area contributed by atoms with Gasteiger partial charge in [0.05, 0.1) is 20.3 Å². The smallest absolute Gasteiger partial charge is 0.166 e. The molecule has 1 N–H and O–H groups in total. The summed E-state index contributed by atoms with van der Waals surface area (Å²) in [6.07, 6.45) is 0.0394. The second kappa shape index (κ2) is 7.64. The molecule has 1 saturated heterocycles. The van der Waals surface area contributed by atoms with Crippen LogP contribution in [0.4, 0.5) is 0 Å². The van der Waals surface area contributed by atoms with Crippen LogP contribution in [0, 0.1) is 0 Å². The van der Waals surface area contributed by atoms with Gasteiger partial charge in [0.25, 0.3) is 0 Å². The lowest BCUT2D eigenvalue weighted by molar-refractivity contribution is -0.0568. The molecule has 0 bridgehead atoms. The lowest BCUT2D eigenvalue weighted by Gasteiger charge is -2.35. The molecule has 21 heavy (non-hydrogen) atoms. The van der Waals surface area contributed by atoms with Crippen LogP contribution in [0.2, 0.25) is 0 Å². The number of methoxy groups -OCH3 is 1. The third-order valence-electron chi connectivity index (χ3n) is 3.76. The third-order valence-corrected chi connectivity index (χ3v) is 3.76. The molecule has 1 atom stereocenters. The van der Waals surface area contributed by atoms with Crippen LogP contribution in [0.15, 0.2) is 18.2 Å². The van der Waals surface area contributed by atoms with Crippen molar-refractivity contribution in [1.29, 1.82) is 0 Å². The van der Waals surface area contributed by atoms with E-state index in [1.807, 2.05) is 18.2 Å². The van der Waals surface area contributed by atoms with Gasteiger partial charge < -0.3 is 19.3 Å². The van der Waals surface area contributed by atoms with Crippen LogP contribution in [0.1, 0.15) is 19.4 Å². The molecule has 0 aliphatic carbocycles. The van der Waals surface area contributed by atoms with Crippen LogP contribution >= 0.6 is 0 Å². The lowest BCUT2D eigenvalue weighted by Crippen LogP contribution is -2.47. The Morgan fingerprint density at radius 3 is 2.90 bits per heavy atom. The molecule has 0 amide bonds. The second-order valence-corrected chi connectivity index (χ2v) is 5.50. The quantitative estimate of drug-likeness (QED) is 0.865. The Bertz CT molecular complexity index is 428. The highest BCUT2D eigenvalue weighted by Crippen LogP contribution is 2.31. The zero-order chi connectivity index (χ0) is 15.2. The first-order valence-corrected chi connectivity index (χ1v) is 7.41. The standard InChI is InChI=1S/C16H25NO4/c1-12(2)17-7-8-20-14(9-17)11-21-16-13(10-18)5-4-6-15(16)19-3/h4-6,12,14,18H,7-11H2,1-3H3. The van der Waals surface area contributed by atoms with Crippen LogP contribution < -0.4 is 9.47 Å². The molecule has 0 radical (unpaired) electrons. The van der Waals surface area contributed by atoms with Gasteiger partial charge >= 0.3 is 0 Å². The molecular weight excluding hydrogens is 270 g/mol. The van der Waals surface area contributed by atoms with Crippen molar-refractivity contribution in [3.8, 4) is 11.5 Å². The largest absolute Gasteiger partial charge is 0.493 e. The summed E-state index contributed by atoms with van der Waals surface area (Å²) >= 11 is 0. The first-order chi connectivity index (χ1) is 10.2. The number of ether oxygens (including phenoxy) is 3. The fourth-order valence-corrected chi connectivity index (χ4v) is 2.50. The van der Waals surface area contributed by atoms with Crippen molar-refractivity contribution < 1.29 is 19.3 Å². The van der Waals surface area contributed by atoms with Gasteiger partial charge in [0.1, 0.15) is 12.7 Å². The maximum Gasteiger partial charge on any atom is 0.166 e. The molecular formula is C16H25NO4. The second-order valence-electron chi connectivity index (χ2n) is 5.50. The normalized spacial score (nSPS) is 19.8. The Balaban J connectivity index is 1.99. The minimum Gasteiger partial charge on any atom is -0.493 e. The van der Waals surface area contributed by atoms with Crippen molar-refractivity contribution in [3.05, 3.63) is 23.8 Å². The molecule has 5 heteroatoms. The van der Waals surface area contributed by atoms with E-state index in [0.717, 1.165) is 25.3 Å². The zero-order valence-electron chi connectivity index (χ0n) is 13.0. The lowest BCUT2D eigenvalue weighted by atomic mass is 10.2. The maximum absolute atomic E-state index is 9.42. The predicted molar refractivity (Wildman–Crippen MR) is 80.9 cm³/mol. The zero-order valence-corrected chi connectivity index (χ0v) is 13.0. The summed E-state index contributed by atoms with van der Waals surface area (Å²) in [6.45, 7) is 7.31. The summed E-state index contributed by atoms with van der Waals surface area (Å²) in [5.74, 6) is 1.24. The fourth-order valence-electron chi connectivity index (χ4n) is 2.50. The van der Waals surface area contributed by atoms with Crippen molar-refractivity contribution in [2.75, 3.05) is 33.4 Å². The number of rotatable bonds is 6. The minimum absolute atomic E-state index is 0.0394. The molecule has 1 unspecified atom stereocenters. The molecule has 1 heterocycles. The Hall–Kier alpha value is -1.30. The molecule has 0 saturated carbocycles. The van der Waals surface area contributed by atoms with Crippen LogP contribution in [0.5, 0.6) is 11.5 Å². The van der Waals surface area contributed by atoms with Gasteiger partial charge in [-0.3, -0.25) is 4.90 Å². The van der Waals surface area contributed by atoms with Crippen LogP contribution in [-0.4, -0.2) is 55.6 Å². The Morgan fingerprint density at radius 1 is 1.43 bits per heavy atom. The molecule has 118 valence electrons. The first kappa shape index (κ1) is 16.1. The van der Waals surface area contributed by atoms with Crippen LogP contribution in [0.3, 0.4) is 0 Å². The van der Waals surface area contributed by atoms with E-state index in [1.165, 1.54) is 0 Å². The molecule has 1 aliphatic rings. The van der Waals surface area contributed by atoms with E-state index in [9.17, 15) is 5.11 Å². The molecule has 0 aromatic heterocycles. The summed E-state index contributed by atoms with van der Waals surface area (Å²) < 4.78 is 16.9. The summed E-state index contributed by atoms with van der Waals surface area (Å²) in [5.41, 5.74) is 0.728. The number of hydrogen-bond acceptors (Lipinski definition) is 5. The van der Waals surface area contributed by atoms with Crippen molar-refractivity contribution in [3.63, 3.8) is 0 Å². The number of morpholine rings is 1. The van der Waals surface area contributed by atoms with Crippen molar-refractivity contribution in [1.82, 2.24) is 4.90 Å². The van der Waals surface area contributed by atoms with Gasteiger partial charge in [-0.1, -0.05) is 12.1 Å². The maximum atomic E-state index is 9.42. The average Bonchev–Trinajstić information content (AvgIpc) is 2.52. The van der Waals surface area contributed by atoms with Gasteiger partial charge in [0.2, 0.25) is 0 Å². The van der Waals surface area contributed by atoms with Gasteiger partial charge in [-0.2, -0.15) is 0 Å². The number of nitrogens with zero attached hydrogens (tertiary/aromatic N) is 1. The van der Waals surface area contributed by atoms with Crippen molar-refractivity contribution in [2.24, 2.45) is 0 Å². The van der Waals surface area contributed by atoms with E-state index in [0.29, 0.717) is 24.1 Å². The first-order valence-electron chi connectivity index (χ1n) is 7.41. The van der Waals surface area contributed by atoms with E-state index >= 15 is 0 Å². The van der Waals surface area contributed by atoms with Crippen LogP contribution in [0.25, 0.3) is 0 Å². The topological polar surface area (TPSA) is 51.2 Å². The Morgan fingerprint density at radius 2 is 2.24 bits per heavy atom. The monoisotopic (exact) mass is 295 g/mol. The molecule has 1 aromatic rings. The van der Waals surface area contributed by atoms with E-state index in [2.05, 4.69) is 18.7 Å². The molecule has 1 aliphatic heterocycles. The van der Waals surface area contributed by atoms with E-state index in [1.54, 1.807) is 7.11 Å². The molecule has 0 spiro atoms. The Kier molecular flexibility index (Phi) is 5.85. The Labute approximate surface area is 126 Å². The van der Waals surface area contributed by atoms with Crippen molar-refractivity contribution >= 4 is 0 Å². The molecule has 2 rings (SSSR count). The number of aliphatic hydroxyl groups excluding tert-OH is 1. The summed E-state index contributed by atoms with van der Waals surface area (Å²) in [4.78, 5) is 2.38. The molecule has 1 fully saturated rings. The number of aliphatic hydroxyl groups is 1. The summed E-state index contributed by atoms with van der Waals surface area (Å²) in [7, 11) is 1.60. The number of para-hydroxylation sites is 1. The SMILES string of the molecule is COc1cccc(CO)c1OCC1CN(C(C)C)CCO1. The van der Waals surface area contributed by atoms with Gasteiger partial charge in [-0.15, -0.1) is 0 Å². The van der Waals surface area contributed by atoms with Crippen molar-refractivity contribution in [2.45, 2.75) is 32.6 Å². The molecule has 5 nitrogen and oxygen atoms in total. The van der Waals surface area contributed by atoms with Gasteiger partial charge in [-0.25, -0.2) is 0 Å². The number of hydrogen-bond donors (Lipinski definition) is 1. The summed E-state index contributed by atoms with van der Waals surface area (Å²) in [5, 5.41) is 9.42. The average molecular weight is 295 g/mol. The highest BCUT2D eigenvalue weighted by molar-refractivity contribution is 5.46. The van der Waals surface area contributed by atoms with Gasteiger partial charge in [-0.05, 0) is 19.9 Å². The van der Waals surface area contributed by atoms with Gasteiger partial charge in [0.15, 0.2) is 11.5 Å². The van der Waals surface area contributed by atoms with Gasteiger partial charge in [0, 0.05) is 24.7 Å². The van der Waals surface area contributed by atoms with E-state index < -0.39 is 0 Å². The number of benzene rings is 1. The minimum atomic E-state index is -0.0732. The van der Waals surface area contributed by atoms with E-state index in [4.69, 9.17) is 14.2 Å². The predicted octanol–water partition coefficient (Wildman–Crippen LogP) is 1.68. The highest BCUT2D eigenvalue weighted by Gasteiger charge is 2.23. The summed E-state index contributed by atoms with van der Waals surface area (Å²) in [6, 6.07) is 6.02.